The Balaban J connectivity index is 2.56. The maximum Gasteiger partial charge on any atom is 0.251 e. The summed E-state index contributed by atoms with van der Waals surface area (Å²) in [4.78, 5) is 11.8. The number of hydrogen-bond acceptors (Lipinski definition) is 2. The average molecular weight is 253 g/mol. The highest BCUT2D eigenvalue weighted by molar-refractivity contribution is 5.94. The molecule has 2 N–H and O–H groups in total. The number of benzene rings is 1. The number of aliphatic hydroxyl groups excluding tert-OH is 1. The number of nitrogens with one attached hydrogen (secondary N) is 1. The van der Waals surface area contributed by atoms with Crippen molar-refractivity contribution in [1.82, 2.24) is 5.32 Å². The topological polar surface area (TPSA) is 49.3 Å². The van der Waals surface area contributed by atoms with Gasteiger partial charge in [0.25, 0.3) is 5.91 Å². The molecule has 3 nitrogen and oxygen atoms in total. The Labute approximate surface area is 107 Å². The minimum Gasteiger partial charge on any atom is -0.393 e. The zero-order chi connectivity index (χ0) is 13.8. The smallest absolute Gasteiger partial charge is 0.251 e. The van der Waals surface area contributed by atoms with Crippen molar-refractivity contribution >= 4 is 5.91 Å². The number of amides is 1. The van der Waals surface area contributed by atoms with E-state index in [1.54, 1.807) is 13.0 Å². The molecule has 1 aromatic carbocycles. The van der Waals surface area contributed by atoms with Crippen molar-refractivity contribution in [2.75, 3.05) is 6.54 Å². The van der Waals surface area contributed by atoms with Gasteiger partial charge in [-0.25, -0.2) is 4.39 Å². The van der Waals surface area contributed by atoms with E-state index in [0.29, 0.717) is 18.5 Å². The van der Waals surface area contributed by atoms with E-state index in [-0.39, 0.29) is 11.3 Å². The van der Waals surface area contributed by atoms with Gasteiger partial charge in [0.1, 0.15) is 5.82 Å². The number of halogens is 1. The van der Waals surface area contributed by atoms with E-state index in [0.717, 1.165) is 0 Å². The Hall–Kier alpha value is -1.42. The van der Waals surface area contributed by atoms with Gasteiger partial charge in [-0.1, -0.05) is 19.9 Å². The second kappa shape index (κ2) is 5.96. The largest absolute Gasteiger partial charge is 0.393 e. The highest BCUT2D eigenvalue weighted by Crippen LogP contribution is 2.21. The predicted octanol–water partition coefficient (Wildman–Crippen LogP) is 2.35. The summed E-state index contributed by atoms with van der Waals surface area (Å²) in [7, 11) is 0. The van der Waals surface area contributed by atoms with E-state index in [9.17, 15) is 14.3 Å². The molecular weight excluding hydrogens is 233 g/mol. The lowest BCUT2D eigenvalue weighted by atomic mass is 9.87. The molecule has 100 valence electrons. The minimum absolute atomic E-state index is 0.197. The van der Waals surface area contributed by atoms with E-state index in [4.69, 9.17) is 0 Å². The van der Waals surface area contributed by atoms with Gasteiger partial charge >= 0.3 is 0 Å². The van der Waals surface area contributed by atoms with Crippen LogP contribution < -0.4 is 5.32 Å². The van der Waals surface area contributed by atoms with Crippen LogP contribution in [0.4, 0.5) is 4.39 Å². The van der Waals surface area contributed by atoms with Crippen molar-refractivity contribution in [2.24, 2.45) is 5.41 Å². The Morgan fingerprint density at radius 1 is 1.50 bits per heavy atom. The maximum absolute atomic E-state index is 13.0. The molecule has 0 aliphatic heterocycles. The second-order valence-corrected chi connectivity index (χ2v) is 5.41. The fourth-order valence-corrected chi connectivity index (χ4v) is 1.92. The molecule has 0 aliphatic rings. The van der Waals surface area contributed by atoms with Crippen LogP contribution in [0.5, 0.6) is 0 Å². The molecule has 1 unspecified atom stereocenters. The van der Waals surface area contributed by atoms with E-state index in [2.05, 4.69) is 5.32 Å². The first-order chi connectivity index (χ1) is 8.30. The fourth-order valence-electron chi connectivity index (χ4n) is 1.92. The number of carbonyl (C=O) groups excluding carboxylic acids is 1. The molecule has 0 spiro atoms. The number of hydrogen-bond donors (Lipinski definition) is 2. The van der Waals surface area contributed by atoms with Crippen LogP contribution in [-0.4, -0.2) is 23.7 Å². The third-order valence-electron chi connectivity index (χ3n) is 2.66. The highest BCUT2D eigenvalue weighted by atomic mass is 19.1. The monoisotopic (exact) mass is 253 g/mol. The third kappa shape index (κ3) is 4.84. The van der Waals surface area contributed by atoms with E-state index < -0.39 is 11.9 Å². The SMILES string of the molecule is CC(O)CC(C)(C)CNC(=O)c1cccc(F)c1. The maximum atomic E-state index is 13.0. The number of aliphatic hydroxyl groups is 1. The molecule has 0 bridgehead atoms. The Bertz CT molecular complexity index is 416. The van der Waals surface area contributed by atoms with Gasteiger partial charge < -0.3 is 10.4 Å². The standard InChI is InChI=1S/C14H20FNO2/c1-10(17)8-14(2,3)9-16-13(18)11-5-4-6-12(15)7-11/h4-7,10,17H,8-9H2,1-3H3,(H,16,18). The molecular formula is C14H20FNO2. The van der Waals surface area contributed by atoms with Gasteiger partial charge in [0.2, 0.25) is 0 Å². The summed E-state index contributed by atoms with van der Waals surface area (Å²) >= 11 is 0. The van der Waals surface area contributed by atoms with Crippen molar-refractivity contribution in [1.29, 1.82) is 0 Å². The van der Waals surface area contributed by atoms with Crippen LogP contribution in [0.25, 0.3) is 0 Å². The van der Waals surface area contributed by atoms with Crippen LogP contribution in [-0.2, 0) is 0 Å². The van der Waals surface area contributed by atoms with Gasteiger partial charge in [-0.15, -0.1) is 0 Å². The molecule has 0 heterocycles. The first kappa shape index (κ1) is 14.6. The summed E-state index contributed by atoms with van der Waals surface area (Å²) in [6, 6.07) is 5.58. The van der Waals surface area contributed by atoms with Crippen LogP contribution in [0, 0.1) is 11.2 Å². The van der Waals surface area contributed by atoms with Gasteiger partial charge in [-0.05, 0) is 37.0 Å². The molecule has 1 atom stereocenters. The number of carbonyl (C=O) groups is 1. The molecule has 0 saturated carbocycles. The second-order valence-electron chi connectivity index (χ2n) is 5.41. The lowest BCUT2D eigenvalue weighted by molar-refractivity contribution is 0.0901. The van der Waals surface area contributed by atoms with Crippen molar-refractivity contribution < 1.29 is 14.3 Å². The summed E-state index contributed by atoms with van der Waals surface area (Å²) < 4.78 is 13.0. The van der Waals surface area contributed by atoms with Crippen LogP contribution in [0.15, 0.2) is 24.3 Å². The zero-order valence-corrected chi connectivity index (χ0v) is 11.0. The molecule has 0 aliphatic carbocycles. The quantitative estimate of drug-likeness (QED) is 0.846. The van der Waals surface area contributed by atoms with Gasteiger partial charge in [0.15, 0.2) is 0 Å². The lowest BCUT2D eigenvalue weighted by Gasteiger charge is -2.26. The van der Waals surface area contributed by atoms with Gasteiger partial charge in [-0.3, -0.25) is 4.79 Å². The van der Waals surface area contributed by atoms with Gasteiger partial charge in [0.05, 0.1) is 6.10 Å². The normalized spacial score (nSPS) is 13.2. The van der Waals surface area contributed by atoms with Crippen molar-refractivity contribution in [3.63, 3.8) is 0 Å². The van der Waals surface area contributed by atoms with Crippen molar-refractivity contribution in [3.05, 3.63) is 35.6 Å². The van der Waals surface area contributed by atoms with Crippen molar-refractivity contribution in [2.45, 2.75) is 33.3 Å². The number of rotatable bonds is 5. The summed E-state index contributed by atoms with van der Waals surface area (Å²) in [5.74, 6) is -0.723. The molecule has 18 heavy (non-hydrogen) atoms. The minimum atomic E-state index is -0.425. The lowest BCUT2D eigenvalue weighted by Crippen LogP contribution is -2.35. The summed E-state index contributed by atoms with van der Waals surface area (Å²) in [6.45, 7) is 6.08. The van der Waals surface area contributed by atoms with Crippen LogP contribution in [0.1, 0.15) is 37.6 Å². The average Bonchev–Trinajstić information content (AvgIpc) is 2.24. The third-order valence-corrected chi connectivity index (χ3v) is 2.66. The summed E-state index contributed by atoms with van der Waals surface area (Å²) in [6.07, 6.45) is 0.183. The first-order valence-electron chi connectivity index (χ1n) is 6.02. The van der Waals surface area contributed by atoms with E-state index in [1.807, 2.05) is 13.8 Å². The van der Waals surface area contributed by atoms with E-state index in [1.165, 1.54) is 18.2 Å². The molecule has 1 aromatic rings. The van der Waals surface area contributed by atoms with Crippen LogP contribution in [0.2, 0.25) is 0 Å². The molecule has 1 amide bonds. The first-order valence-corrected chi connectivity index (χ1v) is 6.02. The van der Waals surface area contributed by atoms with Gasteiger partial charge in [0, 0.05) is 12.1 Å². The summed E-state index contributed by atoms with van der Waals surface area (Å²) in [5.41, 5.74) is 0.111. The fraction of sp³-hybridized carbons (Fsp3) is 0.500. The predicted molar refractivity (Wildman–Crippen MR) is 68.8 cm³/mol. The van der Waals surface area contributed by atoms with Gasteiger partial charge in [-0.2, -0.15) is 0 Å². The molecule has 1 rings (SSSR count). The molecule has 0 saturated heterocycles. The molecule has 4 heteroatoms. The molecule has 0 radical (unpaired) electrons. The molecule has 0 aromatic heterocycles. The summed E-state index contributed by atoms with van der Waals surface area (Å²) in [5, 5.41) is 12.1. The van der Waals surface area contributed by atoms with Crippen LogP contribution >= 0.6 is 0 Å². The van der Waals surface area contributed by atoms with Crippen LogP contribution in [0.3, 0.4) is 0 Å². The van der Waals surface area contributed by atoms with E-state index >= 15 is 0 Å². The van der Waals surface area contributed by atoms with Crippen molar-refractivity contribution in [3.8, 4) is 0 Å². The Morgan fingerprint density at radius 2 is 2.17 bits per heavy atom. The molecule has 0 fully saturated rings. The zero-order valence-electron chi connectivity index (χ0n) is 11.0. The highest BCUT2D eigenvalue weighted by Gasteiger charge is 2.21. The Morgan fingerprint density at radius 3 is 2.72 bits per heavy atom. The Kier molecular flexibility index (Phi) is 4.84.